The molecular weight excluding hydrogens is 536 g/mol. The quantitative estimate of drug-likeness (QED) is 0.0579. The molecule has 0 unspecified atom stereocenters. The van der Waals surface area contributed by atoms with Gasteiger partial charge in [-0.15, -0.1) is 0 Å². The predicted octanol–water partition coefficient (Wildman–Crippen LogP) is 11.4. The van der Waals surface area contributed by atoms with Gasteiger partial charge in [0.15, 0.2) is 0 Å². The Kier molecular flexibility index (Phi) is 32.9. The maximum absolute atomic E-state index is 11.9. The molecule has 0 rings (SSSR count). The van der Waals surface area contributed by atoms with Gasteiger partial charge in [-0.25, -0.2) is 0 Å². The summed E-state index contributed by atoms with van der Waals surface area (Å²) in [5, 5.41) is 9.99. The third-order valence-corrected chi connectivity index (χ3v) is 8.52. The molecule has 0 aliphatic rings. The maximum atomic E-state index is 11.9. The first-order valence-corrected chi connectivity index (χ1v) is 18.9. The number of rotatable bonds is 34. The highest BCUT2D eigenvalue weighted by Crippen LogP contribution is 2.15. The molecule has 0 heterocycles. The minimum absolute atomic E-state index is 0.108. The van der Waals surface area contributed by atoms with Crippen molar-refractivity contribution in [3.8, 4) is 0 Å². The molecule has 5 heteroatoms. The molecule has 1 atom stereocenters. The molecule has 0 bridgehead atoms. The smallest absolute Gasteiger partial charge is 0.305 e. The molecule has 0 spiro atoms. The van der Waals surface area contributed by atoms with Gasteiger partial charge in [-0.05, 0) is 18.8 Å². The van der Waals surface area contributed by atoms with Crippen molar-refractivity contribution in [1.82, 2.24) is 0 Å². The molecule has 0 aliphatic carbocycles. The highest BCUT2D eigenvalue weighted by molar-refractivity contribution is 5.69. The van der Waals surface area contributed by atoms with Gasteiger partial charge in [-0.3, -0.25) is 9.59 Å². The van der Waals surface area contributed by atoms with Crippen molar-refractivity contribution in [2.75, 3.05) is 13.2 Å². The Morgan fingerprint density at radius 2 is 0.744 bits per heavy atom. The summed E-state index contributed by atoms with van der Waals surface area (Å²) in [5.74, 6) is 0.289. The SMILES string of the molecule is CCCCCCCCCCCCCCCCC(=O)OC[C@@H](O)COC(=O)CCCCCCCCCCCCCCC(C)C. The van der Waals surface area contributed by atoms with Crippen molar-refractivity contribution in [3.05, 3.63) is 0 Å². The van der Waals surface area contributed by atoms with Crippen LogP contribution in [0.3, 0.4) is 0 Å². The van der Waals surface area contributed by atoms with Crippen molar-refractivity contribution in [1.29, 1.82) is 0 Å². The Morgan fingerprint density at radius 3 is 1.05 bits per heavy atom. The predicted molar refractivity (Wildman–Crippen MR) is 182 cm³/mol. The Balaban J connectivity index is 3.39. The summed E-state index contributed by atoms with van der Waals surface area (Å²) in [6.07, 6.45) is 34.4. The highest BCUT2D eigenvalue weighted by Gasteiger charge is 2.12. The number of ether oxygens (including phenoxy) is 2. The summed E-state index contributed by atoms with van der Waals surface area (Å²) in [7, 11) is 0. The molecule has 256 valence electrons. The lowest BCUT2D eigenvalue weighted by molar-refractivity contribution is -0.152. The minimum Gasteiger partial charge on any atom is -0.463 e. The first kappa shape index (κ1) is 41.9. The minimum atomic E-state index is -0.954. The van der Waals surface area contributed by atoms with Crippen molar-refractivity contribution < 1.29 is 24.2 Å². The van der Waals surface area contributed by atoms with E-state index in [9.17, 15) is 14.7 Å². The van der Waals surface area contributed by atoms with Crippen LogP contribution in [0.15, 0.2) is 0 Å². The van der Waals surface area contributed by atoms with E-state index in [0.717, 1.165) is 31.6 Å². The van der Waals surface area contributed by atoms with Crippen molar-refractivity contribution in [3.63, 3.8) is 0 Å². The Morgan fingerprint density at radius 1 is 0.465 bits per heavy atom. The van der Waals surface area contributed by atoms with Crippen LogP contribution < -0.4 is 0 Å². The van der Waals surface area contributed by atoms with Crippen LogP contribution in [0.4, 0.5) is 0 Å². The zero-order chi connectivity index (χ0) is 31.6. The molecule has 0 saturated heterocycles. The fourth-order valence-corrected chi connectivity index (χ4v) is 5.62. The number of aliphatic hydroxyl groups excluding tert-OH is 1. The second kappa shape index (κ2) is 33.8. The van der Waals surface area contributed by atoms with Crippen LogP contribution in [0.25, 0.3) is 0 Å². The van der Waals surface area contributed by atoms with E-state index < -0.39 is 6.10 Å². The lowest BCUT2D eigenvalue weighted by Crippen LogP contribution is -2.25. The summed E-state index contributed by atoms with van der Waals surface area (Å²) in [5.41, 5.74) is 0. The van der Waals surface area contributed by atoms with Crippen LogP contribution in [0.2, 0.25) is 0 Å². The Labute approximate surface area is 268 Å². The zero-order valence-electron chi connectivity index (χ0n) is 29.2. The maximum Gasteiger partial charge on any atom is 0.305 e. The normalized spacial score (nSPS) is 12.1. The van der Waals surface area contributed by atoms with Crippen LogP contribution in [-0.2, 0) is 19.1 Å². The van der Waals surface area contributed by atoms with Crippen LogP contribution >= 0.6 is 0 Å². The fraction of sp³-hybridized carbons (Fsp3) is 0.947. The van der Waals surface area contributed by atoms with Gasteiger partial charge in [0, 0.05) is 12.8 Å². The van der Waals surface area contributed by atoms with E-state index in [-0.39, 0.29) is 25.2 Å². The lowest BCUT2D eigenvalue weighted by Gasteiger charge is -2.12. The number of esters is 2. The third-order valence-electron chi connectivity index (χ3n) is 8.52. The van der Waals surface area contributed by atoms with E-state index >= 15 is 0 Å². The molecule has 0 radical (unpaired) electrons. The van der Waals surface area contributed by atoms with Crippen LogP contribution in [-0.4, -0.2) is 36.4 Å². The molecule has 0 amide bonds. The number of hydrogen-bond acceptors (Lipinski definition) is 5. The molecule has 0 aromatic rings. The molecule has 0 saturated carbocycles. The fourth-order valence-electron chi connectivity index (χ4n) is 5.62. The number of hydrogen-bond donors (Lipinski definition) is 1. The first-order chi connectivity index (χ1) is 21.0. The second-order valence-corrected chi connectivity index (χ2v) is 13.5. The molecule has 1 N–H and O–H groups in total. The molecule has 5 nitrogen and oxygen atoms in total. The molecule has 0 aromatic carbocycles. The van der Waals surface area contributed by atoms with E-state index in [4.69, 9.17) is 9.47 Å². The summed E-state index contributed by atoms with van der Waals surface area (Å²) < 4.78 is 10.3. The largest absolute Gasteiger partial charge is 0.463 e. The van der Waals surface area contributed by atoms with Gasteiger partial charge in [0.05, 0.1) is 0 Å². The van der Waals surface area contributed by atoms with E-state index in [1.165, 1.54) is 148 Å². The topological polar surface area (TPSA) is 72.8 Å². The monoisotopic (exact) mass is 611 g/mol. The standard InChI is InChI=1S/C38H74O5/c1-4-5-6-7-8-9-10-11-12-16-19-22-25-28-31-37(40)42-33-36(39)34-43-38(41)32-29-26-23-20-17-14-13-15-18-21-24-27-30-35(2)3/h35-36,39H,4-34H2,1-3H3/t36-/m1/s1. The highest BCUT2D eigenvalue weighted by atomic mass is 16.6. The number of aliphatic hydroxyl groups is 1. The van der Waals surface area contributed by atoms with Crippen molar-refractivity contribution >= 4 is 11.9 Å². The summed E-state index contributed by atoms with van der Waals surface area (Å²) in [6.45, 7) is 6.66. The van der Waals surface area contributed by atoms with Gasteiger partial charge < -0.3 is 14.6 Å². The van der Waals surface area contributed by atoms with E-state index in [0.29, 0.717) is 12.8 Å². The van der Waals surface area contributed by atoms with Gasteiger partial charge >= 0.3 is 11.9 Å². The molecule has 43 heavy (non-hydrogen) atoms. The average molecular weight is 611 g/mol. The van der Waals surface area contributed by atoms with Crippen LogP contribution in [0.1, 0.15) is 207 Å². The molecule has 0 aliphatic heterocycles. The zero-order valence-corrected chi connectivity index (χ0v) is 29.2. The van der Waals surface area contributed by atoms with Gasteiger partial charge in [-0.1, -0.05) is 181 Å². The van der Waals surface area contributed by atoms with E-state index in [1.807, 2.05) is 0 Å². The number of carbonyl (C=O) groups excluding carboxylic acids is 2. The van der Waals surface area contributed by atoms with E-state index in [2.05, 4.69) is 20.8 Å². The van der Waals surface area contributed by atoms with Crippen molar-refractivity contribution in [2.45, 2.75) is 213 Å². The first-order valence-electron chi connectivity index (χ1n) is 18.9. The molecule has 0 fully saturated rings. The van der Waals surface area contributed by atoms with Crippen molar-refractivity contribution in [2.24, 2.45) is 5.92 Å². The van der Waals surface area contributed by atoms with Gasteiger partial charge in [0.1, 0.15) is 19.3 Å². The summed E-state index contributed by atoms with van der Waals surface area (Å²) in [6, 6.07) is 0. The Bertz CT molecular complexity index is 591. The number of unbranched alkanes of at least 4 members (excludes halogenated alkanes) is 24. The second-order valence-electron chi connectivity index (χ2n) is 13.5. The third kappa shape index (κ3) is 35.3. The summed E-state index contributed by atoms with van der Waals surface area (Å²) >= 11 is 0. The van der Waals surface area contributed by atoms with E-state index in [1.54, 1.807) is 0 Å². The average Bonchev–Trinajstić information content (AvgIpc) is 2.99. The van der Waals surface area contributed by atoms with Crippen LogP contribution in [0.5, 0.6) is 0 Å². The number of carbonyl (C=O) groups is 2. The van der Waals surface area contributed by atoms with Gasteiger partial charge in [0.25, 0.3) is 0 Å². The molecule has 0 aromatic heterocycles. The van der Waals surface area contributed by atoms with Gasteiger partial charge in [-0.2, -0.15) is 0 Å². The lowest BCUT2D eigenvalue weighted by atomic mass is 10.0. The van der Waals surface area contributed by atoms with Crippen LogP contribution in [0, 0.1) is 5.92 Å². The van der Waals surface area contributed by atoms with Gasteiger partial charge in [0.2, 0.25) is 0 Å². The molecular formula is C38H74O5. The summed E-state index contributed by atoms with van der Waals surface area (Å²) in [4.78, 5) is 23.9. The Hall–Kier alpha value is -1.10.